The Kier molecular flexibility index (Phi) is 10.5. The van der Waals surface area contributed by atoms with Crippen molar-refractivity contribution in [3.63, 3.8) is 0 Å². The summed E-state index contributed by atoms with van der Waals surface area (Å²) in [5.74, 6) is -2.25. The first-order valence-electron chi connectivity index (χ1n) is 14.4. The predicted molar refractivity (Wildman–Crippen MR) is 162 cm³/mol. The number of likely N-dealkylation sites (tertiary alicyclic amines) is 1. The molecule has 1 aliphatic heterocycles. The number of primary amides is 1. The highest BCUT2D eigenvalue weighted by Crippen LogP contribution is 2.26. The van der Waals surface area contributed by atoms with Crippen molar-refractivity contribution in [2.24, 2.45) is 5.73 Å². The molecule has 2 aromatic carbocycles. The van der Waals surface area contributed by atoms with Gasteiger partial charge < -0.3 is 20.7 Å². The lowest BCUT2D eigenvalue weighted by Crippen LogP contribution is -2.49. The third-order valence-corrected chi connectivity index (χ3v) is 8.74. The molecule has 13 heteroatoms. The van der Waals surface area contributed by atoms with Crippen molar-refractivity contribution in [2.75, 3.05) is 31.2 Å². The fraction of sp³-hybridized carbons (Fsp3) is 0.387. The number of carbonyl (C=O) groups is 2. The molecular formula is C31H37F2N5O5S. The van der Waals surface area contributed by atoms with Gasteiger partial charge >= 0.3 is 6.03 Å². The van der Waals surface area contributed by atoms with Crippen molar-refractivity contribution in [2.45, 2.75) is 57.0 Å². The molecule has 0 spiro atoms. The van der Waals surface area contributed by atoms with E-state index in [-0.39, 0.29) is 16.6 Å². The van der Waals surface area contributed by atoms with Gasteiger partial charge in [-0.25, -0.2) is 27.0 Å². The van der Waals surface area contributed by atoms with Crippen LogP contribution in [0, 0.1) is 18.6 Å². The number of hydrogen-bond acceptors (Lipinski definition) is 7. The van der Waals surface area contributed by atoms with E-state index in [2.05, 4.69) is 15.2 Å². The monoisotopic (exact) mass is 629 g/mol. The van der Waals surface area contributed by atoms with Crippen molar-refractivity contribution in [3.05, 3.63) is 77.0 Å². The molecule has 44 heavy (non-hydrogen) atoms. The summed E-state index contributed by atoms with van der Waals surface area (Å²) < 4.78 is 57.5. The van der Waals surface area contributed by atoms with Gasteiger partial charge in [-0.2, -0.15) is 0 Å². The first-order valence-corrected chi connectivity index (χ1v) is 16.3. The summed E-state index contributed by atoms with van der Waals surface area (Å²) >= 11 is 0. The topological polar surface area (TPSA) is 135 Å². The fourth-order valence-corrected chi connectivity index (χ4v) is 5.73. The maximum Gasteiger partial charge on any atom is 0.322 e. The quantitative estimate of drug-likeness (QED) is 0.295. The molecule has 10 nitrogen and oxygen atoms in total. The van der Waals surface area contributed by atoms with E-state index in [4.69, 9.17) is 10.5 Å². The molecule has 1 fully saturated rings. The molecule has 3 amide bonds. The van der Waals surface area contributed by atoms with Crippen LogP contribution in [-0.4, -0.2) is 67.1 Å². The lowest BCUT2D eigenvalue weighted by atomic mass is 10.0. The van der Waals surface area contributed by atoms with E-state index in [1.165, 1.54) is 12.1 Å². The fourth-order valence-electron chi connectivity index (χ4n) is 5.10. The Morgan fingerprint density at radius 3 is 2.36 bits per heavy atom. The number of aromatic nitrogens is 1. The maximum absolute atomic E-state index is 14.4. The van der Waals surface area contributed by atoms with Gasteiger partial charge in [-0.15, -0.1) is 0 Å². The van der Waals surface area contributed by atoms with E-state index in [1.807, 2.05) is 19.9 Å². The number of ether oxygens (including phenoxy) is 1. The highest BCUT2D eigenvalue weighted by molar-refractivity contribution is 7.90. The van der Waals surface area contributed by atoms with Crippen molar-refractivity contribution in [1.82, 2.24) is 14.8 Å². The average Bonchev–Trinajstić information content (AvgIpc) is 2.96. The van der Waals surface area contributed by atoms with Gasteiger partial charge in [0.15, 0.2) is 9.84 Å². The number of nitrogens with one attached hydrogen (secondary N) is 1. The number of piperidine rings is 1. The van der Waals surface area contributed by atoms with Gasteiger partial charge in [0.2, 0.25) is 5.88 Å². The number of rotatable bonds is 11. The lowest BCUT2D eigenvalue weighted by molar-refractivity contribution is 0.0996. The van der Waals surface area contributed by atoms with Gasteiger partial charge in [-0.3, -0.25) is 9.69 Å². The van der Waals surface area contributed by atoms with Crippen LogP contribution in [0.5, 0.6) is 11.6 Å². The number of hydrogen-bond donors (Lipinski definition) is 2. The van der Waals surface area contributed by atoms with Crippen molar-refractivity contribution in [3.8, 4) is 11.6 Å². The Balaban J connectivity index is 1.36. The summed E-state index contributed by atoms with van der Waals surface area (Å²) in [5, 5.41) is 2.51. The largest absolute Gasteiger partial charge is 0.439 e. The number of nitrogens with two attached hydrogens (primary N) is 1. The maximum atomic E-state index is 14.4. The Morgan fingerprint density at radius 1 is 1.09 bits per heavy atom. The third-order valence-electron chi connectivity index (χ3n) is 7.61. The first kappa shape index (κ1) is 32.8. The second-order valence-electron chi connectivity index (χ2n) is 10.9. The molecule has 0 saturated carbocycles. The molecule has 2 heterocycles. The molecule has 236 valence electrons. The van der Waals surface area contributed by atoms with Crippen LogP contribution in [0.25, 0.3) is 0 Å². The van der Waals surface area contributed by atoms with Crippen molar-refractivity contribution < 1.29 is 31.5 Å². The van der Waals surface area contributed by atoms with E-state index >= 15 is 0 Å². The van der Waals surface area contributed by atoms with Gasteiger partial charge in [0.05, 0.1) is 16.1 Å². The molecule has 0 aliphatic carbocycles. The van der Waals surface area contributed by atoms with Crippen LogP contribution in [0.4, 0.5) is 19.3 Å². The molecule has 1 aliphatic rings. The summed E-state index contributed by atoms with van der Waals surface area (Å²) in [4.78, 5) is 33.5. The molecule has 0 bridgehead atoms. The number of benzene rings is 2. The molecule has 0 unspecified atom stereocenters. The number of sulfone groups is 1. The van der Waals surface area contributed by atoms with Crippen LogP contribution in [0.1, 0.15) is 54.2 Å². The minimum absolute atomic E-state index is 0.0824. The van der Waals surface area contributed by atoms with Crippen molar-refractivity contribution >= 4 is 27.5 Å². The molecule has 3 N–H and O–H groups in total. The smallest absolute Gasteiger partial charge is 0.322 e. The minimum atomic E-state index is -3.29. The van der Waals surface area contributed by atoms with Gasteiger partial charge in [0, 0.05) is 56.3 Å². The predicted octanol–water partition coefficient (Wildman–Crippen LogP) is 5.26. The van der Waals surface area contributed by atoms with Gasteiger partial charge in [0.1, 0.15) is 17.4 Å². The summed E-state index contributed by atoms with van der Waals surface area (Å²) in [5.41, 5.74) is 6.22. The van der Waals surface area contributed by atoms with E-state index < -0.39 is 39.0 Å². The van der Waals surface area contributed by atoms with E-state index in [0.29, 0.717) is 43.6 Å². The highest BCUT2D eigenvalue weighted by atomic mass is 32.2. The molecule has 0 atom stereocenters. The number of carbonyl (C=O) groups excluding carboxylic acids is 2. The summed E-state index contributed by atoms with van der Waals surface area (Å²) in [6.07, 6.45) is 4.17. The van der Waals surface area contributed by atoms with Gasteiger partial charge in [-0.1, -0.05) is 19.4 Å². The molecule has 1 saturated heterocycles. The number of aryl methyl sites for hydroxylation is 1. The molecular weight excluding hydrogens is 592 g/mol. The van der Waals surface area contributed by atoms with E-state index in [9.17, 15) is 26.8 Å². The van der Waals surface area contributed by atoms with Gasteiger partial charge in [0.25, 0.3) is 5.91 Å². The number of halogens is 2. The average molecular weight is 630 g/mol. The summed E-state index contributed by atoms with van der Waals surface area (Å²) in [6.45, 7) is 6.49. The second-order valence-corrected chi connectivity index (χ2v) is 12.9. The van der Waals surface area contributed by atoms with E-state index in [1.54, 1.807) is 23.1 Å². The number of amides is 3. The van der Waals surface area contributed by atoms with Crippen LogP contribution in [0.2, 0.25) is 0 Å². The number of nitrogens with zero attached hydrogens (tertiary/aromatic N) is 3. The standard InChI is InChI=1S/C31H37F2N5O5S/c1-4-5-14-38(31(40)36-28-17-25(30(34)39)26(32)18-27(28)33)22-12-15-37(16-13-22)19-21-6-11-29(35-20(21)2)43-23-7-9-24(10-8-23)44(3,41)42/h6-11,17-18,22H,4-5,12-16,19H2,1-3H3,(H2,34,39)(H,36,40). The minimum Gasteiger partial charge on any atom is -0.439 e. The third kappa shape index (κ3) is 8.29. The molecule has 0 radical (unpaired) electrons. The first-order chi connectivity index (χ1) is 20.8. The van der Waals surface area contributed by atoms with Crippen LogP contribution < -0.4 is 15.8 Å². The van der Waals surface area contributed by atoms with Crippen molar-refractivity contribution in [1.29, 1.82) is 0 Å². The van der Waals surface area contributed by atoms with E-state index in [0.717, 1.165) is 49.5 Å². The van der Waals surface area contributed by atoms with Crippen LogP contribution in [0.15, 0.2) is 53.4 Å². The Hall–Kier alpha value is -4.10. The number of anilines is 1. The molecule has 1 aromatic heterocycles. The summed E-state index contributed by atoms with van der Waals surface area (Å²) in [6, 6.07) is 10.7. The number of unbranched alkanes of at least 4 members (excludes halogenated alkanes) is 1. The van der Waals surface area contributed by atoms with Crippen LogP contribution in [0.3, 0.4) is 0 Å². The zero-order chi connectivity index (χ0) is 32.0. The van der Waals surface area contributed by atoms with Crippen LogP contribution in [-0.2, 0) is 16.4 Å². The second kappa shape index (κ2) is 14.1. The number of pyridine rings is 1. The highest BCUT2D eigenvalue weighted by Gasteiger charge is 2.29. The van der Waals surface area contributed by atoms with Crippen LogP contribution >= 0.6 is 0 Å². The summed E-state index contributed by atoms with van der Waals surface area (Å²) in [7, 11) is -3.29. The zero-order valence-corrected chi connectivity index (χ0v) is 25.8. The Bertz CT molecular complexity index is 1610. The molecule has 3 aromatic rings. The Labute approximate surface area is 256 Å². The molecule has 4 rings (SSSR count). The SMILES string of the molecule is CCCCN(C(=O)Nc1cc(C(N)=O)c(F)cc1F)C1CCN(Cc2ccc(Oc3ccc(S(C)(=O)=O)cc3)nc2C)CC1. The normalized spacial score (nSPS) is 14.3. The Morgan fingerprint density at radius 2 is 1.77 bits per heavy atom. The number of urea groups is 1. The zero-order valence-electron chi connectivity index (χ0n) is 25.0. The lowest BCUT2D eigenvalue weighted by Gasteiger charge is -2.38. The van der Waals surface area contributed by atoms with Gasteiger partial charge in [-0.05, 0) is 62.1 Å².